The van der Waals surface area contributed by atoms with Crippen LogP contribution in [0.4, 0.5) is 0 Å². The van der Waals surface area contributed by atoms with Gasteiger partial charge < -0.3 is 0 Å². The van der Waals surface area contributed by atoms with Gasteiger partial charge in [-0.1, -0.05) is 119 Å². The zero-order valence-electron chi connectivity index (χ0n) is 16.3. The Balaban J connectivity index is 1.86. The van der Waals surface area contributed by atoms with Crippen molar-refractivity contribution >= 4 is 55.5 Å². The van der Waals surface area contributed by atoms with E-state index >= 15 is 0 Å². The highest BCUT2D eigenvalue weighted by atomic mass is 79.9. The van der Waals surface area contributed by atoms with E-state index in [9.17, 15) is 0 Å². The van der Waals surface area contributed by atoms with Gasteiger partial charge in [-0.25, -0.2) is 0 Å². The van der Waals surface area contributed by atoms with Crippen LogP contribution in [-0.2, 0) is 0 Å². The molecule has 0 saturated heterocycles. The Kier molecular flexibility index (Phi) is 4.05. The van der Waals surface area contributed by atoms with E-state index in [1.54, 1.807) is 0 Å². The van der Waals surface area contributed by atoms with Gasteiger partial charge in [-0.15, -0.1) is 0 Å². The molecule has 5 aromatic rings. The fourth-order valence-electron chi connectivity index (χ4n) is 5.25. The molecular weight excluding hydrogens is 444 g/mol. The Bertz CT molecular complexity index is 1400. The van der Waals surface area contributed by atoms with E-state index in [0.29, 0.717) is 0 Å². The van der Waals surface area contributed by atoms with Crippen LogP contribution in [0.15, 0.2) is 120 Å². The molecule has 2 heteroatoms. The third-order valence-corrected chi connectivity index (χ3v) is 11.8. The summed E-state index contributed by atoms with van der Waals surface area (Å²) in [5.41, 5.74) is 2.75. The molecular formula is C28H19BrSi. The zero-order chi connectivity index (χ0) is 20.1. The molecule has 0 amide bonds. The first-order valence-corrected chi connectivity index (χ1v) is 13.0. The first-order chi connectivity index (χ1) is 14.8. The molecule has 1 aliphatic heterocycles. The maximum absolute atomic E-state index is 3.78. The fraction of sp³-hybridized carbons (Fsp3) is 0. The van der Waals surface area contributed by atoms with E-state index in [1.807, 2.05) is 0 Å². The van der Waals surface area contributed by atoms with E-state index < -0.39 is 8.07 Å². The molecule has 1 aliphatic rings. The number of rotatable bonds is 2. The van der Waals surface area contributed by atoms with Gasteiger partial charge >= 0.3 is 0 Å². The van der Waals surface area contributed by atoms with Gasteiger partial charge in [-0.3, -0.25) is 0 Å². The largest absolute Gasteiger partial charge is 0.181 e. The molecule has 1 heterocycles. The van der Waals surface area contributed by atoms with E-state index in [1.165, 1.54) is 42.6 Å². The minimum Gasteiger partial charge on any atom is -0.0623 e. The summed E-state index contributed by atoms with van der Waals surface area (Å²) in [6.45, 7) is 0. The molecule has 6 rings (SSSR count). The third kappa shape index (κ3) is 2.38. The van der Waals surface area contributed by atoms with Crippen molar-refractivity contribution in [1.82, 2.24) is 0 Å². The van der Waals surface area contributed by atoms with E-state index in [4.69, 9.17) is 0 Å². The van der Waals surface area contributed by atoms with Gasteiger partial charge in [0.25, 0.3) is 0 Å². The normalized spacial score (nSPS) is 17.0. The first kappa shape index (κ1) is 17.9. The van der Waals surface area contributed by atoms with Crippen LogP contribution in [0.3, 0.4) is 0 Å². The lowest BCUT2D eigenvalue weighted by atomic mass is 10.1. The van der Waals surface area contributed by atoms with Crippen LogP contribution >= 0.6 is 15.9 Å². The zero-order valence-corrected chi connectivity index (χ0v) is 18.9. The molecule has 0 N–H and O–H groups in total. The molecule has 0 bridgehead atoms. The van der Waals surface area contributed by atoms with Gasteiger partial charge in [-0.05, 0) is 54.8 Å². The second-order valence-electron chi connectivity index (χ2n) is 7.88. The summed E-state index contributed by atoms with van der Waals surface area (Å²) in [6, 6.07) is 42.7. The van der Waals surface area contributed by atoms with Crippen LogP contribution in [0.2, 0.25) is 0 Å². The summed E-state index contributed by atoms with van der Waals surface area (Å²) < 4.78 is 1.14. The van der Waals surface area contributed by atoms with Crippen molar-refractivity contribution in [2.45, 2.75) is 0 Å². The molecule has 0 radical (unpaired) electrons. The Morgan fingerprint density at radius 3 is 2.07 bits per heavy atom. The standard InChI is InChI=1S/C28H19BrSi/c29-21-17-18-25-24-14-6-7-15-27(24)30(28(25)19-21,22-11-2-1-3-12-22)26-16-8-10-20-9-4-5-13-23(20)26/h1-19H. The molecule has 0 aromatic heterocycles. The van der Waals surface area contributed by atoms with E-state index in [0.717, 1.165) is 4.47 Å². The number of fused-ring (bicyclic) bond motifs is 4. The Morgan fingerprint density at radius 1 is 0.500 bits per heavy atom. The van der Waals surface area contributed by atoms with Crippen molar-refractivity contribution in [2.24, 2.45) is 0 Å². The Hall–Kier alpha value is -2.94. The lowest BCUT2D eigenvalue weighted by Gasteiger charge is -2.32. The predicted molar refractivity (Wildman–Crippen MR) is 134 cm³/mol. The van der Waals surface area contributed by atoms with Gasteiger partial charge in [0.1, 0.15) is 0 Å². The number of hydrogen-bond acceptors (Lipinski definition) is 0. The second kappa shape index (κ2) is 6.80. The summed E-state index contributed by atoms with van der Waals surface area (Å²) in [4.78, 5) is 0. The van der Waals surface area contributed by atoms with Gasteiger partial charge in [0.15, 0.2) is 8.07 Å². The van der Waals surface area contributed by atoms with Gasteiger partial charge in [0.05, 0.1) is 0 Å². The maximum Gasteiger partial charge on any atom is 0.181 e. The van der Waals surface area contributed by atoms with E-state index in [2.05, 4.69) is 131 Å². The minimum absolute atomic E-state index is 1.14. The molecule has 30 heavy (non-hydrogen) atoms. The molecule has 0 fully saturated rings. The van der Waals surface area contributed by atoms with Crippen LogP contribution in [0, 0.1) is 0 Å². The summed E-state index contributed by atoms with van der Waals surface area (Å²) in [5, 5.41) is 8.53. The summed E-state index contributed by atoms with van der Waals surface area (Å²) in [7, 11) is -2.45. The average Bonchev–Trinajstić information content (AvgIpc) is 3.09. The smallest absolute Gasteiger partial charge is 0.0623 e. The van der Waals surface area contributed by atoms with Crippen molar-refractivity contribution in [2.75, 3.05) is 0 Å². The molecule has 0 nitrogen and oxygen atoms in total. The Morgan fingerprint density at radius 2 is 1.17 bits per heavy atom. The fourth-order valence-corrected chi connectivity index (χ4v) is 11.3. The van der Waals surface area contributed by atoms with Crippen LogP contribution in [0.25, 0.3) is 21.9 Å². The molecule has 1 unspecified atom stereocenters. The molecule has 5 aromatic carbocycles. The van der Waals surface area contributed by atoms with Crippen LogP contribution in [0.1, 0.15) is 0 Å². The van der Waals surface area contributed by atoms with Gasteiger partial charge in [0, 0.05) is 4.47 Å². The summed E-state index contributed by atoms with van der Waals surface area (Å²) in [5.74, 6) is 0. The van der Waals surface area contributed by atoms with E-state index in [-0.39, 0.29) is 0 Å². The van der Waals surface area contributed by atoms with Crippen LogP contribution in [-0.4, -0.2) is 8.07 Å². The summed E-state index contributed by atoms with van der Waals surface area (Å²) in [6.07, 6.45) is 0. The average molecular weight is 463 g/mol. The minimum atomic E-state index is -2.45. The number of halogens is 1. The topological polar surface area (TPSA) is 0 Å². The monoisotopic (exact) mass is 462 g/mol. The maximum atomic E-state index is 3.78. The van der Waals surface area contributed by atoms with Crippen molar-refractivity contribution in [3.05, 3.63) is 120 Å². The van der Waals surface area contributed by atoms with Crippen LogP contribution in [0.5, 0.6) is 0 Å². The molecule has 1 atom stereocenters. The van der Waals surface area contributed by atoms with Crippen molar-refractivity contribution < 1.29 is 0 Å². The first-order valence-electron chi connectivity index (χ1n) is 10.2. The lowest BCUT2D eigenvalue weighted by molar-refractivity contribution is 1.67. The lowest BCUT2D eigenvalue weighted by Crippen LogP contribution is -2.73. The van der Waals surface area contributed by atoms with Crippen LogP contribution < -0.4 is 20.7 Å². The molecule has 0 aliphatic carbocycles. The molecule has 0 spiro atoms. The molecule has 142 valence electrons. The number of hydrogen-bond donors (Lipinski definition) is 0. The highest BCUT2D eigenvalue weighted by molar-refractivity contribution is 9.10. The highest BCUT2D eigenvalue weighted by Gasteiger charge is 2.49. The quantitative estimate of drug-likeness (QED) is 0.319. The van der Waals surface area contributed by atoms with Gasteiger partial charge in [-0.2, -0.15) is 0 Å². The molecule has 0 saturated carbocycles. The van der Waals surface area contributed by atoms with Crippen molar-refractivity contribution in [3.63, 3.8) is 0 Å². The van der Waals surface area contributed by atoms with Crippen molar-refractivity contribution in [1.29, 1.82) is 0 Å². The Labute approximate surface area is 186 Å². The van der Waals surface area contributed by atoms with Crippen molar-refractivity contribution in [3.8, 4) is 11.1 Å². The number of benzene rings is 5. The second-order valence-corrected chi connectivity index (χ2v) is 12.5. The van der Waals surface area contributed by atoms with Gasteiger partial charge in [0.2, 0.25) is 0 Å². The SMILES string of the molecule is Brc1ccc2c(c1)[Si](c1ccccc1)(c1cccc3ccccc13)c1ccccc1-2. The predicted octanol–water partition coefficient (Wildman–Crippen LogP) is 4.96. The highest BCUT2D eigenvalue weighted by Crippen LogP contribution is 2.31. The summed E-state index contributed by atoms with van der Waals surface area (Å²) >= 11 is 3.78. The third-order valence-electron chi connectivity index (χ3n) is 6.41.